The van der Waals surface area contributed by atoms with Gasteiger partial charge in [0.05, 0.1) is 18.2 Å². The van der Waals surface area contributed by atoms with Crippen molar-refractivity contribution in [2.75, 3.05) is 6.54 Å². The molecule has 1 aromatic carbocycles. The SMILES string of the molecule is Cc1nnc2n1[C@H](Cc1ccccc1)CN(C(=O)c1ccc3nccn3c1)C2. The number of carbonyl (C=O) groups excluding carboxylic acids is 1. The van der Waals surface area contributed by atoms with Crippen LogP contribution in [0, 0.1) is 6.92 Å². The molecule has 0 unspecified atom stereocenters. The second-order valence-electron chi connectivity index (χ2n) is 7.17. The van der Waals surface area contributed by atoms with E-state index in [4.69, 9.17) is 0 Å². The number of imidazole rings is 1. The maximum atomic E-state index is 13.2. The number of hydrogen-bond donors (Lipinski definition) is 0. The fourth-order valence-corrected chi connectivity index (χ4v) is 3.99. The van der Waals surface area contributed by atoms with Gasteiger partial charge in [0, 0.05) is 25.1 Å². The summed E-state index contributed by atoms with van der Waals surface area (Å²) in [7, 11) is 0. The Labute approximate surface area is 162 Å². The lowest BCUT2D eigenvalue weighted by Crippen LogP contribution is -2.42. The molecule has 0 saturated heterocycles. The van der Waals surface area contributed by atoms with Gasteiger partial charge in [0.15, 0.2) is 5.82 Å². The predicted octanol–water partition coefficient (Wildman–Crippen LogP) is 2.67. The van der Waals surface area contributed by atoms with Gasteiger partial charge in [-0.15, -0.1) is 10.2 Å². The van der Waals surface area contributed by atoms with Gasteiger partial charge in [-0.2, -0.15) is 0 Å². The van der Waals surface area contributed by atoms with Gasteiger partial charge in [0.2, 0.25) is 0 Å². The number of hydrogen-bond acceptors (Lipinski definition) is 4. The maximum absolute atomic E-state index is 13.2. The zero-order valence-corrected chi connectivity index (χ0v) is 15.6. The van der Waals surface area contributed by atoms with Gasteiger partial charge in [-0.3, -0.25) is 4.79 Å². The summed E-state index contributed by atoms with van der Waals surface area (Å²) in [5, 5.41) is 8.57. The van der Waals surface area contributed by atoms with E-state index in [1.807, 2.05) is 58.9 Å². The molecule has 28 heavy (non-hydrogen) atoms. The van der Waals surface area contributed by atoms with Crippen LogP contribution in [-0.2, 0) is 13.0 Å². The number of rotatable bonds is 3. The smallest absolute Gasteiger partial charge is 0.255 e. The quantitative estimate of drug-likeness (QED) is 0.554. The van der Waals surface area contributed by atoms with Crippen molar-refractivity contribution in [2.45, 2.75) is 25.9 Å². The molecule has 5 rings (SSSR count). The molecule has 0 fully saturated rings. The minimum absolute atomic E-state index is 0.000523. The van der Waals surface area contributed by atoms with Crippen LogP contribution in [0.4, 0.5) is 0 Å². The molecule has 4 heterocycles. The normalized spacial score (nSPS) is 16.3. The Morgan fingerprint density at radius 1 is 1.14 bits per heavy atom. The van der Waals surface area contributed by atoms with Crippen LogP contribution in [0.25, 0.3) is 5.65 Å². The lowest BCUT2D eigenvalue weighted by atomic mass is 10.0. The molecule has 0 N–H and O–H groups in total. The summed E-state index contributed by atoms with van der Waals surface area (Å²) in [4.78, 5) is 19.3. The van der Waals surface area contributed by atoms with Gasteiger partial charge in [-0.25, -0.2) is 4.98 Å². The van der Waals surface area contributed by atoms with E-state index < -0.39 is 0 Å². The van der Waals surface area contributed by atoms with Crippen molar-refractivity contribution in [2.24, 2.45) is 0 Å². The standard InChI is InChI=1S/C21H20N6O/c1-15-23-24-20-14-26(13-18(27(15)20)11-16-5-3-2-4-6-16)21(28)17-7-8-19-22-9-10-25(19)12-17/h2-10,12,18H,11,13-14H2,1H3/t18-/m1/s1. The molecule has 4 aromatic rings. The molecular weight excluding hydrogens is 352 g/mol. The highest BCUT2D eigenvalue weighted by Gasteiger charge is 2.31. The number of pyridine rings is 1. The molecule has 1 aliphatic heterocycles. The second kappa shape index (κ2) is 6.60. The van der Waals surface area contributed by atoms with Crippen LogP contribution >= 0.6 is 0 Å². The Morgan fingerprint density at radius 3 is 2.86 bits per heavy atom. The van der Waals surface area contributed by atoms with E-state index in [0.29, 0.717) is 18.7 Å². The number of amides is 1. The molecule has 140 valence electrons. The number of carbonyl (C=O) groups is 1. The Kier molecular flexibility index (Phi) is 3.93. The largest absolute Gasteiger partial charge is 0.329 e. The molecule has 1 atom stereocenters. The first kappa shape index (κ1) is 16.7. The van der Waals surface area contributed by atoms with Crippen LogP contribution < -0.4 is 0 Å². The molecule has 0 saturated carbocycles. The summed E-state index contributed by atoms with van der Waals surface area (Å²) in [6.45, 7) is 3.06. The summed E-state index contributed by atoms with van der Waals surface area (Å²) in [6, 6.07) is 14.2. The first-order chi connectivity index (χ1) is 13.7. The minimum atomic E-state index is 0.000523. The van der Waals surface area contributed by atoms with Crippen LogP contribution in [-0.4, -0.2) is 41.5 Å². The first-order valence-electron chi connectivity index (χ1n) is 9.35. The van der Waals surface area contributed by atoms with E-state index in [1.54, 1.807) is 6.20 Å². The molecule has 3 aromatic heterocycles. The van der Waals surface area contributed by atoms with Gasteiger partial charge in [0.1, 0.15) is 11.5 Å². The molecule has 7 heteroatoms. The molecule has 0 radical (unpaired) electrons. The van der Waals surface area contributed by atoms with Gasteiger partial charge >= 0.3 is 0 Å². The Bertz CT molecular complexity index is 1150. The van der Waals surface area contributed by atoms with E-state index in [2.05, 4.69) is 31.9 Å². The zero-order chi connectivity index (χ0) is 19.1. The summed E-state index contributed by atoms with van der Waals surface area (Å²) in [6.07, 6.45) is 6.24. The maximum Gasteiger partial charge on any atom is 0.255 e. The van der Waals surface area contributed by atoms with E-state index in [0.717, 1.165) is 23.7 Å². The molecule has 0 bridgehead atoms. The summed E-state index contributed by atoms with van der Waals surface area (Å²) in [5.41, 5.74) is 2.71. The Morgan fingerprint density at radius 2 is 2.00 bits per heavy atom. The highest BCUT2D eigenvalue weighted by Crippen LogP contribution is 2.26. The second-order valence-corrected chi connectivity index (χ2v) is 7.17. The number of nitrogens with zero attached hydrogens (tertiary/aromatic N) is 6. The fourth-order valence-electron chi connectivity index (χ4n) is 3.99. The van der Waals surface area contributed by atoms with Crippen molar-refractivity contribution in [3.05, 3.63) is 83.8 Å². The van der Waals surface area contributed by atoms with Crippen molar-refractivity contribution < 1.29 is 4.79 Å². The summed E-state index contributed by atoms with van der Waals surface area (Å²) < 4.78 is 4.04. The monoisotopic (exact) mass is 372 g/mol. The van der Waals surface area contributed by atoms with Crippen LogP contribution in [0.1, 0.15) is 33.6 Å². The molecule has 1 amide bonds. The first-order valence-corrected chi connectivity index (χ1v) is 9.35. The van der Waals surface area contributed by atoms with Gasteiger partial charge in [0.25, 0.3) is 5.91 Å². The van der Waals surface area contributed by atoms with Gasteiger partial charge in [-0.1, -0.05) is 30.3 Å². The topological polar surface area (TPSA) is 68.3 Å². The lowest BCUT2D eigenvalue weighted by Gasteiger charge is -2.34. The fraction of sp³-hybridized carbons (Fsp3) is 0.238. The Balaban J connectivity index is 1.46. The van der Waals surface area contributed by atoms with E-state index in [1.165, 1.54) is 5.56 Å². The molecule has 7 nitrogen and oxygen atoms in total. The van der Waals surface area contributed by atoms with Crippen molar-refractivity contribution in [3.63, 3.8) is 0 Å². The zero-order valence-electron chi connectivity index (χ0n) is 15.6. The highest BCUT2D eigenvalue weighted by molar-refractivity contribution is 5.94. The van der Waals surface area contributed by atoms with Crippen molar-refractivity contribution in [3.8, 4) is 0 Å². The summed E-state index contributed by atoms with van der Waals surface area (Å²) in [5.74, 6) is 1.73. The molecule has 1 aliphatic rings. The van der Waals surface area contributed by atoms with Gasteiger partial charge in [-0.05, 0) is 31.0 Å². The summed E-state index contributed by atoms with van der Waals surface area (Å²) >= 11 is 0. The number of aryl methyl sites for hydroxylation is 1. The lowest BCUT2D eigenvalue weighted by molar-refractivity contribution is 0.0671. The average molecular weight is 372 g/mol. The van der Waals surface area contributed by atoms with Crippen LogP contribution in [0.15, 0.2) is 61.1 Å². The molecule has 0 aliphatic carbocycles. The van der Waals surface area contributed by atoms with E-state index in [-0.39, 0.29) is 11.9 Å². The van der Waals surface area contributed by atoms with Crippen molar-refractivity contribution >= 4 is 11.6 Å². The highest BCUT2D eigenvalue weighted by atomic mass is 16.2. The van der Waals surface area contributed by atoms with Crippen LogP contribution in [0.3, 0.4) is 0 Å². The predicted molar refractivity (Wildman–Crippen MR) is 104 cm³/mol. The number of benzene rings is 1. The molecule has 0 spiro atoms. The average Bonchev–Trinajstić information content (AvgIpc) is 3.34. The number of fused-ring (bicyclic) bond motifs is 2. The van der Waals surface area contributed by atoms with E-state index >= 15 is 0 Å². The van der Waals surface area contributed by atoms with Gasteiger partial charge < -0.3 is 13.9 Å². The van der Waals surface area contributed by atoms with E-state index in [9.17, 15) is 4.79 Å². The van der Waals surface area contributed by atoms with Crippen LogP contribution in [0.5, 0.6) is 0 Å². The van der Waals surface area contributed by atoms with Crippen molar-refractivity contribution in [1.82, 2.24) is 29.0 Å². The Hall–Kier alpha value is -3.48. The number of aromatic nitrogens is 5. The third kappa shape index (κ3) is 2.85. The van der Waals surface area contributed by atoms with Crippen LogP contribution in [0.2, 0.25) is 0 Å². The third-order valence-corrected chi connectivity index (χ3v) is 5.30. The minimum Gasteiger partial charge on any atom is -0.329 e. The third-order valence-electron chi connectivity index (χ3n) is 5.30. The van der Waals surface area contributed by atoms with Crippen molar-refractivity contribution in [1.29, 1.82) is 0 Å². The molecular formula is C21H20N6O.